The third-order valence-electron chi connectivity index (χ3n) is 4.06. The van der Waals surface area contributed by atoms with Crippen molar-refractivity contribution in [3.05, 3.63) is 34.0 Å². The van der Waals surface area contributed by atoms with Crippen molar-refractivity contribution >= 4 is 16.7 Å². The molecule has 0 amide bonds. The second-order valence-corrected chi connectivity index (χ2v) is 6.68. The Bertz CT molecular complexity index is 714. The van der Waals surface area contributed by atoms with Crippen molar-refractivity contribution in [2.45, 2.75) is 32.2 Å². The van der Waals surface area contributed by atoms with E-state index in [4.69, 9.17) is 0 Å². The minimum atomic E-state index is 0.00427. The zero-order chi connectivity index (χ0) is 14.4. The van der Waals surface area contributed by atoms with Crippen LogP contribution in [0, 0.1) is 12.8 Å². The molecular formula is C14H17N5OS. The minimum Gasteiger partial charge on any atom is -0.346 e. The van der Waals surface area contributed by atoms with E-state index in [-0.39, 0.29) is 5.56 Å². The molecule has 0 aromatic carbocycles. The third kappa shape index (κ3) is 2.57. The van der Waals surface area contributed by atoms with Crippen LogP contribution in [0.4, 0.5) is 5.13 Å². The molecule has 2 aromatic heterocycles. The van der Waals surface area contributed by atoms with E-state index in [0.29, 0.717) is 18.4 Å². The molecule has 1 saturated heterocycles. The maximum absolute atomic E-state index is 11.9. The second-order valence-electron chi connectivity index (χ2n) is 5.95. The molecule has 0 bridgehead atoms. The quantitative estimate of drug-likeness (QED) is 0.854. The molecule has 4 rings (SSSR count). The minimum absolute atomic E-state index is 0.00427. The van der Waals surface area contributed by atoms with Crippen molar-refractivity contribution in [3.8, 4) is 0 Å². The fraction of sp³-hybridized carbons (Fsp3) is 0.571. The highest BCUT2D eigenvalue weighted by Gasteiger charge is 2.30. The number of aryl methyl sites for hydroxylation is 1. The summed E-state index contributed by atoms with van der Waals surface area (Å²) in [4.78, 5) is 18.5. The number of rotatable bonds is 4. The van der Waals surface area contributed by atoms with E-state index in [2.05, 4.69) is 19.4 Å². The predicted molar refractivity (Wildman–Crippen MR) is 80.8 cm³/mol. The fourth-order valence-electron chi connectivity index (χ4n) is 2.69. The Balaban J connectivity index is 1.41. The van der Waals surface area contributed by atoms with Gasteiger partial charge in [-0.05, 0) is 25.8 Å². The molecule has 2 aliphatic rings. The van der Waals surface area contributed by atoms with E-state index in [1.54, 1.807) is 10.7 Å². The number of anilines is 1. The van der Waals surface area contributed by atoms with Gasteiger partial charge in [-0.1, -0.05) is 0 Å². The van der Waals surface area contributed by atoms with Gasteiger partial charge in [0.05, 0.1) is 12.2 Å². The van der Waals surface area contributed by atoms with Gasteiger partial charge in [0.1, 0.15) is 5.82 Å². The van der Waals surface area contributed by atoms with E-state index in [9.17, 15) is 4.79 Å². The SMILES string of the molecule is Cc1nsc(N2CC(Cn3nc(C4CC4)ccc3=O)C2)n1. The molecule has 1 aliphatic carbocycles. The smallest absolute Gasteiger partial charge is 0.266 e. The van der Waals surface area contributed by atoms with Crippen LogP contribution >= 0.6 is 11.5 Å². The van der Waals surface area contributed by atoms with Crippen molar-refractivity contribution in [1.29, 1.82) is 0 Å². The highest BCUT2D eigenvalue weighted by atomic mass is 32.1. The van der Waals surface area contributed by atoms with Gasteiger partial charge in [0.2, 0.25) is 5.13 Å². The number of hydrogen-bond donors (Lipinski definition) is 0. The molecule has 6 nitrogen and oxygen atoms in total. The number of nitrogens with zero attached hydrogens (tertiary/aromatic N) is 5. The third-order valence-corrected chi connectivity index (χ3v) is 4.93. The van der Waals surface area contributed by atoms with Gasteiger partial charge in [0.15, 0.2) is 0 Å². The van der Waals surface area contributed by atoms with E-state index in [0.717, 1.165) is 29.7 Å². The van der Waals surface area contributed by atoms with Crippen molar-refractivity contribution < 1.29 is 0 Å². The molecule has 0 N–H and O–H groups in total. The molecule has 0 atom stereocenters. The number of aromatic nitrogens is 4. The molecule has 2 fully saturated rings. The molecular weight excluding hydrogens is 286 g/mol. The summed E-state index contributed by atoms with van der Waals surface area (Å²) in [6.45, 7) is 4.46. The summed E-state index contributed by atoms with van der Waals surface area (Å²) in [5.74, 6) is 1.88. The zero-order valence-corrected chi connectivity index (χ0v) is 12.7. The molecule has 21 heavy (non-hydrogen) atoms. The first-order valence-electron chi connectivity index (χ1n) is 7.32. The fourth-order valence-corrected chi connectivity index (χ4v) is 3.39. The standard InChI is InChI=1S/C14H17N5OS/c1-9-15-14(21-17-9)18-6-10(7-18)8-19-13(20)5-4-12(16-19)11-2-3-11/h4-5,10-11H,2-3,6-8H2,1H3. The molecule has 2 aromatic rings. The Hall–Kier alpha value is -1.76. The van der Waals surface area contributed by atoms with Crippen LogP contribution in [0.25, 0.3) is 0 Å². The zero-order valence-electron chi connectivity index (χ0n) is 11.9. The monoisotopic (exact) mass is 303 g/mol. The van der Waals surface area contributed by atoms with Gasteiger partial charge < -0.3 is 4.90 Å². The highest BCUT2D eigenvalue weighted by Crippen LogP contribution is 2.38. The average molecular weight is 303 g/mol. The lowest BCUT2D eigenvalue weighted by Crippen LogP contribution is -2.49. The van der Waals surface area contributed by atoms with Crippen LogP contribution < -0.4 is 10.5 Å². The number of hydrogen-bond acceptors (Lipinski definition) is 6. The van der Waals surface area contributed by atoms with Crippen LogP contribution in [-0.2, 0) is 6.54 Å². The van der Waals surface area contributed by atoms with Crippen LogP contribution in [0.15, 0.2) is 16.9 Å². The Morgan fingerprint density at radius 1 is 1.33 bits per heavy atom. The summed E-state index contributed by atoms with van der Waals surface area (Å²) < 4.78 is 5.84. The summed E-state index contributed by atoms with van der Waals surface area (Å²) in [7, 11) is 0. The highest BCUT2D eigenvalue weighted by molar-refractivity contribution is 7.09. The maximum Gasteiger partial charge on any atom is 0.266 e. The van der Waals surface area contributed by atoms with E-state index < -0.39 is 0 Å². The first-order valence-corrected chi connectivity index (χ1v) is 8.10. The van der Waals surface area contributed by atoms with Gasteiger partial charge in [-0.25, -0.2) is 9.67 Å². The van der Waals surface area contributed by atoms with Gasteiger partial charge in [-0.2, -0.15) is 9.47 Å². The Morgan fingerprint density at radius 3 is 2.81 bits per heavy atom. The Morgan fingerprint density at radius 2 is 2.14 bits per heavy atom. The Labute approximate surface area is 126 Å². The van der Waals surface area contributed by atoms with Crippen LogP contribution in [0.3, 0.4) is 0 Å². The van der Waals surface area contributed by atoms with Crippen LogP contribution in [-0.4, -0.2) is 32.2 Å². The maximum atomic E-state index is 11.9. The topological polar surface area (TPSA) is 63.9 Å². The first kappa shape index (κ1) is 12.9. The van der Waals surface area contributed by atoms with Crippen molar-refractivity contribution in [1.82, 2.24) is 19.1 Å². The second kappa shape index (κ2) is 4.91. The van der Waals surface area contributed by atoms with Crippen molar-refractivity contribution in [2.24, 2.45) is 5.92 Å². The van der Waals surface area contributed by atoms with Gasteiger partial charge in [0, 0.05) is 42.5 Å². The molecule has 3 heterocycles. The summed E-state index contributed by atoms with van der Waals surface area (Å²) in [6, 6.07) is 3.54. The molecule has 110 valence electrons. The molecule has 7 heteroatoms. The average Bonchev–Trinajstić information content (AvgIpc) is 3.18. The molecule has 1 saturated carbocycles. The Kier molecular flexibility index (Phi) is 3.02. The largest absolute Gasteiger partial charge is 0.346 e. The predicted octanol–water partition coefficient (Wildman–Crippen LogP) is 1.42. The lowest BCUT2D eigenvalue weighted by Gasteiger charge is -2.38. The van der Waals surface area contributed by atoms with Crippen molar-refractivity contribution in [3.63, 3.8) is 0 Å². The van der Waals surface area contributed by atoms with Gasteiger partial charge in [-0.3, -0.25) is 4.79 Å². The van der Waals surface area contributed by atoms with Gasteiger partial charge in [0.25, 0.3) is 5.56 Å². The summed E-state index contributed by atoms with van der Waals surface area (Å²) >= 11 is 1.44. The van der Waals surface area contributed by atoms with Gasteiger partial charge >= 0.3 is 0 Å². The van der Waals surface area contributed by atoms with E-state index >= 15 is 0 Å². The van der Waals surface area contributed by atoms with Crippen LogP contribution in [0.2, 0.25) is 0 Å². The van der Waals surface area contributed by atoms with E-state index in [1.165, 1.54) is 24.4 Å². The molecule has 1 aliphatic heterocycles. The van der Waals surface area contributed by atoms with Crippen molar-refractivity contribution in [2.75, 3.05) is 18.0 Å². The summed E-state index contributed by atoms with van der Waals surface area (Å²) in [6.07, 6.45) is 2.41. The summed E-state index contributed by atoms with van der Waals surface area (Å²) in [5.41, 5.74) is 1.08. The first-order chi connectivity index (χ1) is 10.2. The summed E-state index contributed by atoms with van der Waals surface area (Å²) in [5, 5.41) is 5.50. The molecule has 0 unspecified atom stereocenters. The molecule has 0 spiro atoms. The lowest BCUT2D eigenvalue weighted by molar-refractivity contribution is 0.333. The van der Waals surface area contributed by atoms with Crippen LogP contribution in [0.5, 0.6) is 0 Å². The normalized spacial score (nSPS) is 18.8. The van der Waals surface area contributed by atoms with Gasteiger partial charge in [-0.15, -0.1) is 0 Å². The molecule has 0 radical (unpaired) electrons. The van der Waals surface area contributed by atoms with Crippen LogP contribution in [0.1, 0.15) is 30.3 Å². The van der Waals surface area contributed by atoms with E-state index in [1.807, 2.05) is 13.0 Å². The lowest BCUT2D eigenvalue weighted by atomic mass is 10.0.